The summed E-state index contributed by atoms with van der Waals surface area (Å²) >= 11 is 5.06. The van der Waals surface area contributed by atoms with Gasteiger partial charge in [-0.25, -0.2) is 4.39 Å². The molecule has 0 saturated heterocycles. The molecule has 2 N–H and O–H groups in total. The predicted molar refractivity (Wildman–Crippen MR) is 87.8 cm³/mol. The average molecular weight is 318 g/mol. The van der Waals surface area contributed by atoms with Gasteiger partial charge in [0.15, 0.2) is 5.11 Å². The van der Waals surface area contributed by atoms with Crippen LogP contribution in [-0.2, 0) is 0 Å². The van der Waals surface area contributed by atoms with Gasteiger partial charge < -0.3 is 10.1 Å². The molecule has 0 atom stereocenters. The Balaban J connectivity index is 2.09. The zero-order valence-corrected chi connectivity index (χ0v) is 13.0. The first-order valence-electron chi connectivity index (χ1n) is 6.52. The Morgan fingerprint density at radius 2 is 1.95 bits per heavy atom. The number of hydrogen-bond donors (Lipinski definition) is 2. The fourth-order valence-corrected chi connectivity index (χ4v) is 2.21. The lowest BCUT2D eigenvalue weighted by atomic mass is 10.1. The topological polar surface area (TPSA) is 50.4 Å². The van der Waals surface area contributed by atoms with E-state index in [1.165, 1.54) is 19.2 Å². The number of rotatable bonds is 3. The van der Waals surface area contributed by atoms with E-state index < -0.39 is 5.91 Å². The average Bonchev–Trinajstić information content (AvgIpc) is 2.46. The van der Waals surface area contributed by atoms with E-state index >= 15 is 0 Å². The number of ether oxygens (including phenoxy) is 1. The van der Waals surface area contributed by atoms with Crippen molar-refractivity contribution in [3.63, 3.8) is 0 Å². The normalized spacial score (nSPS) is 9.95. The summed E-state index contributed by atoms with van der Waals surface area (Å²) in [6.07, 6.45) is 0. The number of nitrogens with one attached hydrogen (secondary N) is 2. The van der Waals surface area contributed by atoms with Crippen LogP contribution in [0.2, 0.25) is 0 Å². The summed E-state index contributed by atoms with van der Waals surface area (Å²) < 4.78 is 18.3. The molecule has 4 nitrogen and oxygen atoms in total. The van der Waals surface area contributed by atoms with Crippen LogP contribution in [0.5, 0.6) is 5.75 Å². The molecule has 22 heavy (non-hydrogen) atoms. The highest BCUT2D eigenvalue weighted by Gasteiger charge is 2.15. The van der Waals surface area contributed by atoms with Gasteiger partial charge >= 0.3 is 0 Å². The highest BCUT2D eigenvalue weighted by Crippen LogP contribution is 2.22. The predicted octanol–water partition coefficient (Wildman–Crippen LogP) is 3.27. The zero-order valence-electron chi connectivity index (χ0n) is 12.1. The van der Waals surface area contributed by atoms with E-state index in [-0.39, 0.29) is 10.9 Å². The maximum Gasteiger partial charge on any atom is 0.261 e. The number of thiocarbonyl (C=S) groups is 1. The molecule has 0 fully saturated rings. The quantitative estimate of drug-likeness (QED) is 0.853. The minimum Gasteiger partial charge on any atom is -0.496 e. The van der Waals surface area contributed by atoms with Crippen LogP contribution < -0.4 is 15.4 Å². The van der Waals surface area contributed by atoms with Crippen molar-refractivity contribution in [1.82, 2.24) is 5.32 Å². The molecule has 0 aliphatic rings. The summed E-state index contributed by atoms with van der Waals surface area (Å²) in [5.74, 6) is -0.289. The number of hydrogen-bond acceptors (Lipinski definition) is 3. The minimum atomic E-state index is -0.394. The highest BCUT2D eigenvalue weighted by molar-refractivity contribution is 7.80. The first kappa shape index (κ1) is 15.9. The van der Waals surface area contributed by atoms with Crippen LogP contribution in [0, 0.1) is 12.7 Å². The van der Waals surface area contributed by atoms with E-state index in [1.807, 2.05) is 13.0 Å². The van der Waals surface area contributed by atoms with Gasteiger partial charge in [-0.15, -0.1) is 0 Å². The van der Waals surface area contributed by atoms with Crippen molar-refractivity contribution in [2.24, 2.45) is 0 Å². The molecule has 0 spiro atoms. The largest absolute Gasteiger partial charge is 0.496 e. The van der Waals surface area contributed by atoms with Crippen molar-refractivity contribution < 1.29 is 13.9 Å². The van der Waals surface area contributed by atoms with E-state index in [0.29, 0.717) is 17.0 Å². The number of amides is 1. The third-order valence-corrected chi connectivity index (χ3v) is 3.17. The van der Waals surface area contributed by atoms with E-state index in [1.54, 1.807) is 24.3 Å². The summed E-state index contributed by atoms with van der Waals surface area (Å²) in [6, 6.07) is 11.1. The van der Waals surface area contributed by atoms with Gasteiger partial charge in [0, 0.05) is 5.69 Å². The number of carbonyl (C=O) groups excluding carboxylic acids is 1. The highest BCUT2D eigenvalue weighted by atomic mass is 32.1. The number of halogens is 1. The molecule has 2 rings (SSSR count). The molecule has 0 heterocycles. The summed E-state index contributed by atoms with van der Waals surface area (Å²) in [5, 5.41) is 5.38. The van der Waals surface area contributed by atoms with Crippen LogP contribution in [0.15, 0.2) is 42.5 Å². The van der Waals surface area contributed by atoms with Gasteiger partial charge in [-0.3, -0.25) is 10.1 Å². The lowest BCUT2D eigenvalue weighted by Crippen LogP contribution is -2.34. The molecular weight excluding hydrogens is 303 g/mol. The van der Waals surface area contributed by atoms with Crippen molar-refractivity contribution in [2.75, 3.05) is 12.4 Å². The van der Waals surface area contributed by atoms with Crippen LogP contribution in [0.25, 0.3) is 0 Å². The smallest absolute Gasteiger partial charge is 0.261 e. The van der Waals surface area contributed by atoms with Crippen LogP contribution in [0.4, 0.5) is 10.1 Å². The molecule has 0 unspecified atom stereocenters. The molecule has 1 amide bonds. The number of anilines is 1. The third kappa shape index (κ3) is 3.79. The minimum absolute atomic E-state index is 0.0826. The van der Waals surface area contributed by atoms with E-state index in [2.05, 4.69) is 10.6 Å². The Bertz CT molecular complexity index is 719. The van der Waals surface area contributed by atoms with Gasteiger partial charge in [0.05, 0.1) is 12.7 Å². The molecule has 2 aromatic rings. The second-order valence-electron chi connectivity index (χ2n) is 4.57. The maximum atomic E-state index is 13.1. The molecule has 114 valence electrons. The standard InChI is InChI=1S/C16H15FN2O2S/c1-10-5-3-8-13(14(10)21-2)15(20)19-16(22)18-12-7-4-6-11(17)9-12/h3-9H,1-2H3,(H2,18,19,20,22). The molecule has 0 saturated carbocycles. The number of methoxy groups -OCH3 is 1. The van der Waals surface area contributed by atoms with Crippen LogP contribution >= 0.6 is 12.2 Å². The molecule has 6 heteroatoms. The summed E-state index contributed by atoms with van der Waals surface area (Å²) in [6.45, 7) is 1.85. The molecule has 2 aromatic carbocycles. The second-order valence-corrected chi connectivity index (χ2v) is 4.98. The Morgan fingerprint density at radius 1 is 1.23 bits per heavy atom. The monoisotopic (exact) mass is 318 g/mol. The molecule has 0 aliphatic carbocycles. The van der Waals surface area contributed by atoms with E-state index in [9.17, 15) is 9.18 Å². The third-order valence-electron chi connectivity index (χ3n) is 2.97. The van der Waals surface area contributed by atoms with E-state index in [0.717, 1.165) is 5.56 Å². The first-order valence-corrected chi connectivity index (χ1v) is 6.93. The summed E-state index contributed by atoms with van der Waals surface area (Å²) in [7, 11) is 1.50. The van der Waals surface area contributed by atoms with Crippen LogP contribution in [-0.4, -0.2) is 18.1 Å². The first-order chi connectivity index (χ1) is 10.5. The zero-order chi connectivity index (χ0) is 16.1. The van der Waals surface area contributed by atoms with Crippen molar-refractivity contribution in [3.05, 3.63) is 59.4 Å². The van der Waals surface area contributed by atoms with Crippen LogP contribution in [0.1, 0.15) is 15.9 Å². The lowest BCUT2D eigenvalue weighted by molar-refractivity contribution is 0.0974. The Morgan fingerprint density at radius 3 is 2.64 bits per heavy atom. The molecular formula is C16H15FN2O2S. The molecule has 0 bridgehead atoms. The van der Waals surface area contributed by atoms with Gasteiger partial charge in [0.2, 0.25) is 0 Å². The fourth-order valence-electron chi connectivity index (χ4n) is 2.00. The second kappa shape index (κ2) is 7.00. The van der Waals surface area contributed by atoms with Crippen LogP contribution in [0.3, 0.4) is 0 Å². The van der Waals surface area contributed by atoms with Gasteiger partial charge in [-0.2, -0.15) is 0 Å². The van der Waals surface area contributed by atoms with Gasteiger partial charge in [0.25, 0.3) is 5.91 Å². The molecule has 0 aromatic heterocycles. The van der Waals surface area contributed by atoms with Crippen molar-refractivity contribution >= 4 is 28.9 Å². The number of benzene rings is 2. The van der Waals surface area contributed by atoms with Crippen molar-refractivity contribution in [2.45, 2.75) is 6.92 Å². The number of para-hydroxylation sites is 1. The number of carbonyl (C=O) groups is 1. The summed E-state index contributed by atoms with van der Waals surface area (Å²) in [4.78, 5) is 12.3. The van der Waals surface area contributed by atoms with Gasteiger partial charge in [-0.05, 0) is 49.0 Å². The van der Waals surface area contributed by atoms with Crippen molar-refractivity contribution in [1.29, 1.82) is 0 Å². The Kier molecular flexibility index (Phi) is 5.06. The lowest BCUT2D eigenvalue weighted by Gasteiger charge is -2.13. The number of aryl methyl sites for hydroxylation is 1. The maximum absolute atomic E-state index is 13.1. The van der Waals surface area contributed by atoms with E-state index in [4.69, 9.17) is 17.0 Å². The Labute approximate surface area is 133 Å². The SMILES string of the molecule is COc1c(C)cccc1C(=O)NC(=S)Nc1cccc(F)c1. The van der Waals surface area contributed by atoms with Gasteiger partial charge in [-0.1, -0.05) is 18.2 Å². The Hall–Kier alpha value is -2.47. The molecule has 0 aliphatic heterocycles. The molecule has 0 radical (unpaired) electrons. The van der Waals surface area contributed by atoms with Crippen molar-refractivity contribution in [3.8, 4) is 5.75 Å². The van der Waals surface area contributed by atoms with Gasteiger partial charge in [0.1, 0.15) is 11.6 Å². The summed E-state index contributed by atoms with van der Waals surface area (Å²) in [5.41, 5.74) is 1.69. The fraction of sp³-hybridized carbons (Fsp3) is 0.125.